The fraction of sp³-hybridized carbons (Fsp3) is 0.750. The first-order valence-corrected chi connectivity index (χ1v) is 6.06. The van der Waals surface area contributed by atoms with Gasteiger partial charge >= 0.3 is 6.16 Å². The number of ether oxygens (including phenoxy) is 2. The first-order valence-electron chi connectivity index (χ1n) is 5.53. The molecule has 0 aromatic carbocycles. The van der Waals surface area contributed by atoms with Gasteiger partial charge in [0.2, 0.25) is 0 Å². The molecule has 0 bridgehead atoms. The molecule has 4 heteroatoms. The molecule has 1 aliphatic rings. The van der Waals surface area contributed by atoms with E-state index in [1.165, 1.54) is 5.57 Å². The number of carbonyl (C=O) groups is 1. The number of allylic oxidation sites excluding steroid dienone is 2. The number of hydrogen-bond acceptors (Lipinski definition) is 3. The number of rotatable bonds is 3. The summed E-state index contributed by atoms with van der Waals surface area (Å²) >= 11 is 5.30. The molecule has 0 radical (unpaired) electrons. The van der Waals surface area contributed by atoms with Crippen molar-refractivity contribution in [1.29, 1.82) is 0 Å². The van der Waals surface area contributed by atoms with E-state index in [1.807, 2.05) is 13.8 Å². The van der Waals surface area contributed by atoms with Crippen LogP contribution in [0.15, 0.2) is 11.6 Å². The molecule has 0 heterocycles. The minimum absolute atomic E-state index is 0.168. The Bertz CT molecular complexity index is 284. The highest BCUT2D eigenvalue weighted by molar-refractivity contribution is 6.17. The maximum absolute atomic E-state index is 11.2. The van der Waals surface area contributed by atoms with Gasteiger partial charge in [-0.05, 0) is 40.0 Å². The van der Waals surface area contributed by atoms with Crippen molar-refractivity contribution < 1.29 is 14.3 Å². The maximum atomic E-state index is 11.2. The fourth-order valence-electron chi connectivity index (χ4n) is 1.97. The molecule has 92 valence electrons. The lowest BCUT2D eigenvalue weighted by Gasteiger charge is -2.35. The molecule has 0 aromatic rings. The standard InChI is InChI=1S/C12H19ClO3/c1-9-4-6-10(7-5-9)12(2,3)16-11(14)15-8-13/h4,10H,5-8H2,1-3H3. The Labute approximate surface area is 102 Å². The SMILES string of the molecule is CC1=CCC(C(C)(C)OC(=O)OCCl)CC1. The van der Waals surface area contributed by atoms with Crippen molar-refractivity contribution in [3.05, 3.63) is 11.6 Å². The zero-order valence-corrected chi connectivity index (χ0v) is 10.8. The number of halogens is 1. The second-order valence-electron chi connectivity index (χ2n) is 4.73. The lowest BCUT2D eigenvalue weighted by atomic mass is 9.80. The largest absolute Gasteiger partial charge is 0.510 e. The molecule has 0 spiro atoms. The van der Waals surface area contributed by atoms with E-state index in [0.717, 1.165) is 19.3 Å². The van der Waals surface area contributed by atoms with Crippen LogP contribution < -0.4 is 0 Å². The van der Waals surface area contributed by atoms with Gasteiger partial charge in [-0.1, -0.05) is 23.3 Å². The van der Waals surface area contributed by atoms with Crippen molar-refractivity contribution >= 4 is 17.8 Å². The lowest BCUT2D eigenvalue weighted by molar-refractivity contribution is -0.0446. The Morgan fingerprint density at radius 3 is 2.81 bits per heavy atom. The minimum Gasteiger partial charge on any atom is -0.428 e. The molecule has 0 aliphatic heterocycles. The van der Waals surface area contributed by atoms with Gasteiger partial charge in [-0.3, -0.25) is 0 Å². The fourth-order valence-corrected chi connectivity index (χ4v) is 2.06. The van der Waals surface area contributed by atoms with Crippen molar-refractivity contribution in [2.24, 2.45) is 5.92 Å². The molecular formula is C12H19ClO3. The third-order valence-electron chi connectivity index (χ3n) is 3.14. The van der Waals surface area contributed by atoms with Crippen LogP contribution in [0.5, 0.6) is 0 Å². The summed E-state index contributed by atoms with van der Waals surface area (Å²) in [5.74, 6) is 0.346. The van der Waals surface area contributed by atoms with E-state index in [4.69, 9.17) is 16.3 Å². The summed E-state index contributed by atoms with van der Waals surface area (Å²) < 4.78 is 9.86. The Hall–Kier alpha value is -0.700. The Morgan fingerprint density at radius 2 is 2.31 bits per heavy atom. The normalized spacial score (nSPS) is 21.2. The summed E-state index contributed by atoms with van der Waals surface area (Å²) in [6.45, 7) is 5.97. The monoisotopic (exact) mass is 246 g/mol. The second kappa shape index (κ2) is 5.58. The van der Waals surface area contributed by atoms with Crippen LogP contribution in [0.2, 0.25) is 0 Å². The van der Waals surface area contributed by atoms with Crippen molar-refractivity contribution in [3.63, 3.8) is 0 Å². The quantitative estimate of drug-likeness (QED) is 0.431. The van der Waals surface area contributed by atoms with Crippen LogP contribution in [0.25, 0.3) is 0 Å². The van der Waals surface area contributed by atoms with Gasteiger partial charge in [0.25, 0.3) is 0 Å². The molecular weight excluding hydrogens is 228 g/mol. The van der Waals surface area contributed by atoms with E-state index >= 15 is 0 Å². The molecule has 1 aliphatic carbocycles. The van der Waals surface area contributed by atoms with Gasteiger partial charge in [-0.15, -0.1) is 0 Å². The van der Waals surface area contributed by atoms with E-state index in [2.05, 4.69) is 17.7 Å². The average molecular weight is 247 g/mol. The van der Waals surface area contributed by atoms with E-state index in [-0.39, 0.29) is 6.07 Å². The van der Waals surface area contributed by atoms with E-state index < -0.39 is 11.8 Å². The Balaban J connectivity index is 2.53. The zero-order chi connectivity index (χ0) is 12.2. The van der Waals surface area contributed by atoms with Crippen LogP contribution >= 0.6 is 11.6 Å². The van der Waals surface area contributed by atoms with Crippen LogP contribution in [0, 0.1) is 5.92 Å². The van der Waals surface area contributed by atoms with E-state index in [0.29, 0.717) is 5.92 Å². The van der Waals surface area contributed by atoms with Gasteiger partial charge < -0.3 is 9.47 Å². The van der Waals surface area contributed by atoms with Crippen molar-refractivity contribution in [3.8, 4) is 0 Å². The third kappa shape index (κ3) is 3.71. The summed E-state index contributed by atoms with van der Waals surface area (Å²) in [6.07, 6.45) is 4.59. The molecule has 1 rings (SSSR count). The molecule has 0 N–H and O–H groups in total. The molecule has 1 unspecified atom stereocenters. The summed E-state index contributed by atoms with van der Waals surface area (Å²) in [5, 5.41) is 0. The first kappa shape index (κ1) is 13.4. The number of carbonyl (C=O) groups excluding carboxylic acids is 1. The van der Waals surface area contributed by atoms with Crippen molar-refractivity contribution in [2.75, 3.05) is 6.07 Å². The van der Waals surface area contributed by atoms with Gasteiger partial charge in [0.05, 0.1) is 0 Å². The smallest absolute Gasteiger partial charge is 0.428 e. The minimum atomic E-state index is -0.689. The summed E-state index contributed by atoms with van der Waals surface area (Å²) in [4.78, 5) is 11.2. The predicted octanol–water partition coefficient (Wildman–Crippen LogP) is 3.86. The highest BCUT2D eigenvalue weighted by Crippen LogP contribution is 2.34. The molecule has 0 saturated heterocycles. The summed E-state index contributed by atoms with van der Waals surface area (Å²) in [6, 6.07) is -0.168. The molecule has 0 amide bonds. The van der Waals surface area contributed by atoms with Crippen LogP contribution in [-0.4, -0.2) is 17.8 Å². The second-order valence-corrected chi connectivity index (χ2v) is 4.95. The van der Waals surface area contributed by atoms with Crippen LogP contribution in [-0.2, 0) is 9.47 Å². The van der Waals surface area contributed by atoms with Gasteiger partial charge in [0.15, 0.2) is 6.07 Å². The molecule has 1 atom stereocenters. The lowest BCUT2D eigenvalue weighted by Crippen LogP contribution is -2.37. The number of hydrogen-bond donors (Lipinski definition) is 0. The number of alkyl halides is 1. The van der Waals surface area contributed by atoms with Crippen molar-refractivity contribution in [1.82, 2.24) is 0 Å². The van der Waals surface area contributed by atoms with Crippen LogP contribution in [0.1, 0.15) is 40.0 Å². The third-order valence-corrected chi connectivity index (χ3v) is 3.25. The predicted molar refractivity (Wildman–Crippen MR) is 63.5 cm³/mol. The highest BCUT2D eigenvalue weighted by Gasteiger charge is 2.34. The maximum Gasteiger partial charge on any atom is 0.510 e. The zero-order valence-electron chi connectivity index (χ0n) is 10.1. The molecule has 3 nitrogen and oxygen atoms in total. The molecule has 16 heavy (non-hydrogen) atoms. The van der Waals surface area contributed by atoms with Crippen LogP contribution in [0.3, 0.4) is 0 Å². The average Bonchev–Trinajstić information content (AvgIpc) is 2.17. The van der Waals surface area contributed by atoms with Crippen molar-refractivity contribution in [2.45, 2.75) is 45.6 Å². The van der Waals surface area contributed by atoms with Gasteiger partial charge in [0, 0.05) is 5.92 Å². The van der Waals surface area contributed by atoms with Crippen LogP contribution in [0.4, 0.5) is 4.79 Å². The first-order chi connectivity index (χ1) is 7.45. The van der Waals surface area contributed by atoms with Gasteiger partial charge in [0.1, 0.15) is 5.60 Å². The van der Waals surface area contributed by atoms with E-state index in [9.17, 15) is 4.79 Å². The van der Waals surface area contributed by atoms with E-state index in [1.54, 1.807) is 0 Å². The summed E-state index contributed by atoms with van der Waals surface area (Å²) in [7, 11) is 0. The summed E-state index contributed by atoms with van der Waals surface area (Å²) in [5.41, 5.74) is 0.913. The molecule has 0 saturated carbocycles. The highest BCUT2D eigenvalue weighted by atomic mass is 35.5. The Kier molecular flexibility index (Phi) is 4.66. The molecule has 0 fully saturated rings. The molecule has 0 aromatic heterocycles. The van der Waals surface area contributed by atoms with Gasteiger partial charge in [-0.25, -0.2) is 4.79 Å². The van der Waals surface area contributed by atoms with Gasteiger partial charge in [-0.2, -0.15) is 0 Å². The Morgan fingerprint density at radius 1 is 1.62 bits per heavy atom. The topological polar surface area (TPSA) is 35.5 Å².